The van der Waals surface area contributed by atoms with Crippen molar-refractivity contribution in [2.24, 2.45) is 5.92 Å². The molecule has 0 saturated heterocycles. The van der Waals surface area contributed by atoms with Gasteiger partial charge in [-0.3, -0.25) is 9.59 Å². The zero-order valence-electron chi connectivity index (χ0n) is 18.1. The molecular formula is C24H30N2O4S. The van der Waals surface area contributed by atoms with Crippen molar-refractivity contribution < 1.29 is 19.1 Å². The molecule has 0 aromatic heterocycles. The van der Waals surface area contributed by atoms with Gasteiger partial charge in [-0.05, 0) is 54.4 Å². The smallest absolute Gasteiger partial charge is 0.306 e. The highest BCUT2D eigenvalue weighted by atomic mass is 32.1. The van der Waals surface area contributed by atoms with Crippen LogP contribution in [0.1, 0.15) is 38.7 Å². The number of hydrogen-bond donors (Lipinski definition) is 2. The summed E-state index contributed by atoms with van der Waals surface area (Å²) in [6, 6.07) is 17.1. The van der Waals surface area contributed by atoms with E-state index >= 15 is 0 Å². The van der Waals surface area contributed by atoms with Crippen molar-refractivity contribution in [2.75, 3.05) is 18.5 Å². The highest BCUT2D eigenvalue weighted by Crippen LogP contribution is 2.16. The van der Waals surface area contributed by atoms with E-state index in [1.807, 2.05) is 54.6 Å². The first-order valence-corrected chi connectivity index (χ1v) is 10.9. The average molecular weight is 443 g/mol. The van der Waals surface area contributed by atoms with Crippen LogP contribution < -0.4 is 15.4 Å². The minimum Gasteiger partial charge on any atom is -0.494 e. The van der Waals surface area contributed by atoms with Crippen LogP contribution in [0, 0.1) is 5.92 Å². The number of rotatable bonds is 11. The van der Waals surface area contributed by atoms with Crippen LogP contribution in [-0.2, 0) is 20.7 Å². The van der Waals surface area contributed by atoms with Crippen LogP contribution in [0.5, 0.6) is 5.75 Å². The summed E-state index contributed by atoms with van der Waals surface area (Å²) in [4.78, 5) is 23.8. The van der Waals surface area contributed by atoms with Crippen LogP contribution in [0.15, 0.2) is 54.6 Å². The summed E-state index contributed by atoms with van der Waals surface area (Å²) in [5.41, 5.74) is 1.83. The number of carbonyl (C=O) groups is 2. The molecule has 2 aromatic carbocycles. The predicted molar refractivity (Wildman–Crippen MR) is 126 cm³/mol. The van der Waals surface area contributed by atoms with E-state index in [1.54, 1.807) is 0 Å². The molecule has 2 N–H and O–H groups in total. The number of carbonyl (C=O) groups excluding carboxylic acids is 2. The molecule has 0 bridgehead atoms. The Morgan fingerprint density at radius 1 is 0.968 bits per heavy atom. The fourth-order valence-electron chi connectivity index (χ4n) is 2.61. The van der Waals surface area contributed by atoms with E-state index in [9.17, 15) is 9.59 Å². The maximum absolute atomic E-state index is 12.0. The Labute approximate surface area is 189 Å². The SMILES string of the molecule is CC(C)CCOc1ccc(NC(=S)NC(=O)CCC(=O)OCCc2ccccc2)cc1. The molecule has 1 amide bonds. The molecule has 2 aromatic rings. The van der Waals surface area contributed by atoms with Crippen molar-refractivity contribution in [2.45, 2.75) is 39.5 Å². The number of hydrogen-bond acceptors (Lipinski definition) is 5. The second-order valence-electron chi connectivity index (χ2n) is 7.51. The lowest BCUT2D eigenvalue weighted by Crippen LogP contribution is -2.34. The molecule has 31 heavy (non-hydrogen) atoms. The molecule has 2 rings (SSSR count). The first kappa shape index (κ1) is 24.3. The Bertz CT molecular complexity index is 838. The van der Waals surface area contributed by atoms with Crippen molar-refractivity contribution in [1.29, 1.82) is 0 Å². The van der Waals surface area contributed by atoms with E-state index in [4.69, 9.17) is 21.7 Å². The van der Waals surface area contributed by atoms with Gasteiger partial charge < -0.3 is 20.1 Å². The molecule has 0 atom stereocenters. The Kier molecular flexibility index (Phi) is 10.5. The second-order valence-corrected chi connectivity index (χ2v) is 7.92. The quantitative estimate of drug-likeness (QED) is 0.394. The molecule has 0 aliphatic carbocycles. The third-order valence-corrected chi connectivity index (χ3v) is 4.59. The largest absolute Gasteiger partial charge is 0.494 e. The Morgan fingerprint density at radius 2 is 1.68 bits per heavy atom. The van der Waals surface area contributed by atoms with Gasteiger partial charge in [0, 0.05) is 18.5 Å². The Morgan fingerprint density at radius 3 is 2.35 bits per heavy atom. The van der Waals surface area contributed by atoms with E-state index in [0.717, 1.165) is 23.4 Å². The summed E-state index contributed by atoms with van der Waals surface area (Å²) in [5, 5.41) is 5.69. The molecule has 166 valence electrons. The lowest BCUT2D eigenvalue weighted by molar-refractivity contribution is -0.144. The molecule has 0 aliphatic heterocycles. The molecule has 0 radical (unpaired) electrons. The van der Waals surface area contributed by atoms with Crippen molar-refractivity contribution >= 4 is 34.9 Å². The summed E-state index contributed by atoms with van der Waals surface area (Å²) < 4.78 is 10.8. The molecule has 7 heteroatoms. The van der Waals surface area contributed by atoms with Gasteiger partial charge in [-0.1, -0.05) is 44.2 Å². The normalized spacial score (nSPS) is 10.4. The van der Waals surface area contributed by atoms with E-state index in [0.29, 0.717) is 25.6 Å². The first-order valence-electron chi connectivity index (χ1n) is 10.5. The number of esters is 1. The first-order chi connectivity index (χ1) is 14.9. The average Bonchev–Trinajstić information content (AvgIpc) is 2.74. The molecule has 0 heterocycles. The van der Waals surface area contributed by atoms with Crippen molar-refractivity contribution in [1.82, 2.24) is 5.32 Å². The van der Waals surface area contributed by atoms with Gasteiger partial charge in [-0.2, -0.15) is 0 Å². The number of ether oxygens (including phenoxy) is 2. The van der Waals surface area contributed by atoms with Crippen LogP contribution >= 0.6 is 12.2 Å². The summed E-state index contributed by atoms with van der Waals surface area (Å²) in [6.07, 6.45) is 1.66. The topological polar surface area (TPSA) is 76.7 Å². The van der Waals surface area contributed by atoms with Gasteiger partial charge in [-0.25, -0.2) is 0 Å². The second kappa shape index (κ2) is 13.4. The maximum Gasteiger partial charge on any atom is 0.306 e. The minimum absolute atomic E-state index is 0.00560. The Balaban J connectivity index is 1.61. The zero-order chi connectivity index (χ0) is 22.5. The van der Waals surface area contributed by atoms with E-state index in [2.05, 4.69) is 24.5 Å². The van der Waals surface area contributed by atoms with Crippen molar-refractivity contribution in [3.63, 3.8) is 0 Å². The minimum atomic E-state index is -0.405. The van der Waals surface area contributed by atoms with Crippen LogP contribution in [0.3, 0.4) is 0 Å². The number of benzene rings is 2. The number of amides is 1. The summed E-state index contributed by atoms with van der Waals surface area (Å²) in [7, 11) is 0. The molecular weight excluding hydrogens is 412 g/mol. The lowest BCUT2D eigenvalue weighted by atomic mass is 10.1. The van der Waals surface area contributed by atoms with Gasteiger partial charge in [0.2, 0.25) is 5.91 Å². The third-order valence-electron chi connectivity index (χ3n) is 4.38. The third kappa shape index (κ3) is 10.6. The molecule has 0 saturated carbocycles. The standard InChI is InChI=1S/C24H30N2O4S/c1-18(2)14-16-29-21-10-8-20(9-11-21)25-24(31)26-22(27)12-13-23(28)30-17-15-19-6-4-3-5-7-19/h3-11,18H,12-17H2,1-2H3,(H2,25,26,27,31). The van der Waals surface area contributed by atoms with Gasteiger partial charge in [0.05, 0.1) is 19.6 Å². The number of nitrogens with one attached hydrogen (secondary N) is 2. The van der Waals surface area contributed by atoms with E-state index < -0.39 is 5.97 Å². The maximum atomic E-state index is 12.0. The van der Waals surface area contributed by atoms with Crippen LogP contribution in [0.4, 0.5) is 5.69 Å². The van der Waals surface area contributed by atoms with Crippen LogP contribution in [0.2, 0.25) is 0 Å². The summed E-state index contributed by atoms with van der Waals surface area (Å²) in [5.74, 6) is 0.633. The number of anilines is 1. The number of thiocarbonyl (C=S) groups is 1. The van der Waals surface area contributed by atoms with Crippen molar-refractivity contribution in [3.05, 3.63) is 60.2 Å². The highest BCUT2D eigenvalue weighted by Gasteiger charge is 2.10. The molecule has 6 nitrogen and oxygen atoms in total. The molecule has 0 aliphatic rings. The van der Waals surface area contributed by atoms with Crippen LogP contribution in [0.25, 0.3) is 0 Å². The summed E-state index contributed by atoms with van der Waals surface area (Å²) >= 11 is 5.16. The van der Waals surface area contributed by atoms with E-state index in [-0.39, 0.29) is 23.9 Å². The fraction of sp³-hybridized carbons (Fsp3) is 0.375. The monoisotopic (exact) mass is 442 g/mol. The summed E-state index contributed by atoms with van der Waals surface area (Å²) in [6.45, 7) is 5.27. The zero-order valence-corrected chi connectivity index (χ0v) is 18.9. The molecule has 0 unspecified atom stereocenters. The highest BCUT2D eigenvalue weighted by molar-refractivity contribution is 7.80. The fourth-order valence-corrected chi connectivity index (χ4v) is 2.85. The van der Waals surface area contributed by atoms with Crippen LogP contribution in [-0.4, -0.2) is 30.2 Å². The van der Waals surface area contributed by atoms with Gasteiger partial charge in [0.25, 0.3) is 0 Å². The lowest BCUT2D eigenvalue weighted by Gasteiger charge is -2.11. The Hall–Kier alpha value is -2.93. The molecule has 0 fully saturated rings. The van der Waals surface area contributed by atoms with E-state index in [1.165, 1.54) is 0 Å². The van der Waals surface area contributed by atoms with Crippen molar-refractivity contribution in [3.8, 4) is 5.75 Å². The molecule has 0 spiro atoms. The predicted octanol–water partition coefficient (Wildman–Crippen LogP) is 4.49. The van der Waals surface area contributed by atoms with Gasteiger partial charge >= 0.3 is 5.97 Å². The van der Waals surface area contributed by atoms with Gasteiger partial charge in [0.1, 0.15) is 5.75 Å². The van der Waals surface area contributed by atoms with Gasteiger partial charge in [-0.15, -0.1) is 0 Å². The van der Waals surface area contributed by atoms with Gasteiger partial charge in [0.15, 0.2) is 5.11 Å².